The lowest BCUT2D eigenvalue weighted by molar-refractivity contribution is 0.102. The summed E-state index contributed by atoms with van der Waals surface area (Å²) >= 11 is 5.71. The van der Waals surface area contributed by atoms with Gasteiger partial charge >= 0.3 is 0 Å². The Balaban J connectivity index is 2.06. The molecule has 0 fully saturated rings. The van der Waals surface area contributed by atoms with Gasteiger partial charge in [0.15, 0.2) is 0 Å². The zero-order chi connectivity index (χ0) is 13.7. The Morgan fingerprint density at radius 1 is 1.11 bits per heavy atom. The number of anilines is 1. The van der Waals surface area contributed by atoms with Crippen LogP contribution in [-0.4, -0.2) is 13.0 Å². The first-order valence-corrected chi connectivity index (χ1v) is 6.36. The number of carbonyl (C=O) groups is 1. The van der Waals surface area contributed by atoms with Crippen molar-refractivity contribution in [2.75, 3.05) is 12.4 Å². The minimum Gasteiger partial charge on any atom is -0.497 e. The number of ether oxygens (including phenoxy) is 1. The zero-order valence-corrected chi connectivity index (χ0v) is 11.3. The predicted octanol–water partition coefficient (Wildman–Crippen LogP) is 3.69. The molecule has 0 saturated carbocycles. The molecular weight excluding hydrogens is 262 g/mol. The second kappa shape index (κ2) is 6.25. The molecule has 0 aromatic heterocycles. The van der Waals surface area contributed by atoms with E-state index in [2.05, 4.69) is 5.32 Å². The van der Waals surface area contributed by atoms with Gasteiger partial charge in [-0.1, -0.05) is 12.1 Å². The lowest BCUT2D eigenvalue weighted by atomic mass is 10.2. The Morgan fingerprint density at radius 2 is 1.74 bits per heavy atom. The minimum atomic E-state index is -0.152. The molecule has 1 N–H and O–H groups in total. The zero-order valence-electron chi connectivity index (χ0n) is 10.5. The van der Waals surface area contributed by atoms with Crippen LogP contribution in [-0.2, 0) is 5.88 Å². The second-order valence-electron chi connectivity index (χ2n) is 4.01. The largest absolute Gasteiger partial charge is 0.497 e. The summed E-state index contributed by atoms with van der Waals surface area (Å²) in [5.41, 5.74) is 2.35. The van der Waals surface area contributed by atoms with Crippen molar-refractivity contribution in [1.29, 1.82) is 0 Å². The summed E-state index contributed by atoms with van der Waals surface area (Å²) < 4.78 is 5.05. The lowest BCUT2D eigenvalue weighted by Gasteiger charge is -2.06. The minimum absolute atomic E-state index is 0.152. The van der Waals surface area contributed by atoms with Gasteiger partial charge in [-0.05, 0) is 42.0 Å². The van der Waals surface area contributed by atoms with E-state index in [1.54, 1.807) is 31.4 Å². The smallest absolute Gasteiger partial charge is 0.255 e. The van der Waals surface area contributed by atoms with Crippen LogP contribution in [0, 0.1) is 0 Å². The van der Waals surface area contributed by atoms with Crippen LogP contribution in [0.15, 0.2) is 48.5 Å². The van der Waals surface area contributed by atoms with Crippen LogP contribution in [0.4, 0.5) is 5.69 Å². The summed E-state index contributed by atoms with van der Waals surface area (Å²) in [5.74, 6) is 1.04. The van der Waals surface area contributed by atoms with Crippen LogP contribution in [0.5, 0.6) is 5.75 Å². The molecular formula is C15H14ClNO2. The molecule has 0 aliphatic rings. The van der Waals surface area contributed by atoms with Gasteiger partial charge in [0, 0.05) is 17.1 Å². The van der Waals surface area contributed by atoms with E-state index in [9.17, 15) is 4.79 Å². The number of methoxy groups -OCH3 is 1. The molecule has 0 atom stereocenters. The van der Waals surface area contributed by atoms with Crippen molar-refractivity contribution in [1.82, 2.24) is 0 Å². The van der Waals surface area contributed by atoms with Crippen LogP contribution in [0.1, 0.15) is 15.9 Å². The highest BCUT2D eigenvalue weighted by Gasteiger charge is 2.06. The summed E-state index contributed by atoms with van der Waals surface area (Å²) in [5, 5.41) is 2.82. The van der Waals surface area contributed by atoms with Gasteiger partial charge in [0.2, 0.25) is 0 Å². The maximum atomic E-state index is 12.0. The van der Waals surface area contributed by atoms with Crippen molar-refractivity contribution < 1.29 is 9.53 Å². The van der Waals surface area contributed by atoms with Crippen molar-refractivity contribution in [2.24, 2.45) is 0 Å². The van der Waals surface area contributed by atoms with Crippen LogP contribution >= 0.6 is 11.6 Å². The van der Waals surface area contributed by atoms with E-state index in [1.165, 1.54) is 0 Å². The molecule has 0 saturated heterocycles. The van der Waals surface area contributed by atoms with Gasteiger partial charge in [-0.25, -0.2) is 0 Å². The summed E-state index contributed by atoms with van der Waals surface area (Å²) in [6.07, 6.45) is 0. The Hall–Kier alpha value is -2.00. The fourth-order valence-corrected chi connectivity index (χ4v) is 1.80. The third kappa shape index (κ3) is 3.48. The maximum Gasteiger partial charge on any atom is 0.255 e. The molecule has 0 aliphatic heterocycles. The van der Waals surface area contributed by atoms with Gasteiger partial charge in [-0.3, -0.25) is 4.79 Å². The topological polar surface area (TPSA) is 38.3 Å². The number of amides is 1. The predicted molar refractivity (Wildman–Crippen MR) is 76.9 cm³/mol. The van der Waals surface area contributed by atoms with E-state index >= 15 is 0 Å². The van der Waals surface area contributed by atoms with Gasteiger partial charge in [0.05, 0.1) is 7.11 Å². The first-order chi connectivity index (χ1) is 9.22. The first kappa shape index (κ1) is 13.4. The average molecular weight is 276 g/mol. The van der Waals surface area contributed by atoms with Crippen LogP contribution < -0.4 is 10.1 Å². The van der Waals surface area contributed by atoms with Crippen LogP contribution in [0.3, 0.4) is 0 Å². The monoisotopic (exact) mass is 275 g/mol. The molecule has 0 bridgehead atoms. The van der Waals surface area contributed by atoms with E-state index in [0.717, 1.165) is 17.0 Å². The molecule has 98 valence electrons. The molecule has 0 aliphatic carbocycles. The highest BCUT2D eigenvalue weighted by Crippen LogP contribution is 2.15. The highest BCUT2D eigenvalue weighted by molar-refractivity contribution is 6.17. The molecule has 1 amide bonds. The average Bonchev–Trinajstić information content (AvgIpc) is 2.48. The number of nitrogens with one attached hydrogen (secondary N) is 1. The third-order valence-corrected chi connectivity index (χ3v) is 3.03. The van der Waals surface area contributed by atoms with E-state index in [1.807, 2.05) is 24.3 Å². The quantitative estimate of drug-likeness (QED) is 0.865. The molecule has 19 heavy (non-hydrogen) atoms. The van der Waals surface area contributed by atoms with Gasteiger partial charge < -0.3 is 10.1 Å². The molecule has 2 aromatic carbocycles. The van der Waals surface area contributed by atoms with Gasteiger partial charge in [-0.15, -0.1) is 11.6 Å². The molecule has 3 nitrogen and oxygen atoms in total. The fraction of sp³-hybridized carbons (Fsp3) is 0.133. The van der Waals surface area contributed by atoms with Crippen molar-refractivity contribution in [3.8, 4) is 5.75 Å². The number of carbonyl (C=O) groups excluding carboxylic acids is 1. The van der Waals surface area contributed by atoms with E-state index in [-0.39, 0.29) is 5.91 Å². The van der Waals surface area contributed by atoms with Crippen LogP contribution in [0.25, 0.3) is 0 Å². The second-order valence-corrected chi connectivity index (χ2v) is 4.28. The third-order valence-electron chi connectivity index (χ3n) is 2.72. The van der Waals surface area contributed by atoms with Crippen LogP contribution in [0.2, 0.25) is 0 Å². The van der Waals surface area contributed by atoms with Crippen molar-refractivity contribution in [3.05, 3.63) is 59.7 Å². The molecule has 0 unspecified atom stereocenters. The number of rotatable bonds is 4. The molecule has 0 heterocycles. The highest BCUT2D eigenvalue weighted by atomic mass is 35.5. The van der Waals surface area contributed by atoms with Gasteiger partial charge in [-0.2, -0.15) is 0 Å². The maximum absolute atomic E-state index is 12.0. The van der Waals surface area contributed by atoms with E-state index in [4.69, 9.17) is 16.3 Å². The number of alkyl halides is 1. The molecule has 0 spiro atoms. The molecule has 0 radical (unpaired) electrons. The Labute approximate surface area is 117 Å². The Kier molecular flexibility index (Phi) is 4.42. The Morgan fingerprint density at radius 3 is 2.26 bits per heavy atom. The lowest BCUT2D eigenvalue weighted by Crippen LogP contribution is -2.11. The summed E-state index contributed by atoms with van der Waals surface area (Å²) in [6.45, 7) is 0. The van der Waals surface area contributed by atoms with Gasteiger partial charge in [0.1, 0.15) is 5.75 Å². The van der Waals surface area contributed by atoms with E-state index in [0.29, 0.717) is 11.4 Å². The molecule has 2 aromatic rings. The molecule has 4 heteroatoms. The fourth-order valence-electron chi connectivity index (χ4n) is 1.62. The molecule has 2 rings (SSSR count). The number of halogens is 1. The van der Waals surface area contributed by atoms with Crippen molar-refractivity contribution in [2.45, 2.75) is 5.88 Å². The van der Waals surface area contributed by atoms with Crippen molar-refractivity contribution >= 4 is 23.2 Å². The first-order valence-electron chi connectivity index (χ1n) is 5.83. The Bertz CT molecular complexity index is 549. The summed E-state index contributed by atoms with van der Waals surface area (Å²) in [4.78, 5) is 12.0. The number of benzene rings is 2. The van der Waals surface area contributed by atoms with Crippen molar-refractivity contribution in [3.63, 3.8) is 0 Å². The van der Waals surface area contributed by atoms with Gasteiger partial charge in [0.25, 0.3) is 5.91 Å². The number of hydrogen-bond donors (Lipinski definition) is 1. The SMILES string of the molecule is COc1ccc(C(=O)Nc2ccc(CCl)cc2)cc1. The summed E-state index contributed by atoms with van der Waals surface area (Å²) in [7, 11) is 1.59. The number of hydrogen-bond acceptors (Lipinski definition) is 2. The normalized spacial score (nSPS) is 10.0. The summed E-state index contributed by atoms with van der Waals surface area (Å²) in [6, 6.07) is 14.4. The van der Waals surface area contributed by atoms with E-state index < -0.39 is 0 Å². The standard InChI is InChI=1S/C15H14ClNO2/c1-19-14-8-4-12(5-9-14)15(18)17-13-6-2-11(10-16)3-7-13/h2-9H,10H2,1H3,(H,17,18).